The van der Waals surface area contributed by atoms with Crippen molar-refractivity contribution < 1.29 is 4.80 Å². The Morgan fingerprint density at radius 1 is 1.36 bits per heavy atom. The topological polar surface area (TPSA) is 32.3 Å². The highest BCUT2D eigenvalue weighted by Gasteiger charge is 2.14. The molecule has 0 aromatic heterocycles. The fourth-order valence-corrected chi connectivity index (χ4v) is 2.51. The Kier molecular flexibility index (Phi) is 5.24. The van der Waals surface area contributed by atoms with Crippen LogP contribution >= 0.6 is 0 Å². The van der Waals surface area contributed by atoms with Gasteiger partial charge in [0.25, 0.3) is 8.48 Å². The molecule has 0 saturated heterocycles. The van der Waals surface area contributed by atoms with Gasteiger partial charge in [-0.3, -0.25) is 0 Å². The largest absolute Gasteiger partial charge is 0.419 e. The van der Waals surface area contributed by atoms with Gasteiger partial charge in [-0.15, -0.1) is 0 Å². The third kappa shape index (κ3) is 10.4. The third-order valence-electron chi connectivity index (χ3n) is 1.41. The van der Waals surface area contributed by atoms with Crippen LogP contribution in [-0.2, 0) is 0 Å². The lowest BCUT2D eigenvalue weighted by Gasteiger charge is -2.15. The first kappa shape index (κ1) is 11.4. The van der Waals surface area contributed by atoms with Crippen LogP contribution in [0.5, 0.6) is 0 Å². The van der Waals surface area contributed by atoms with Gasteiger partial charge < -0.3 is 9.78 Å². The zero-order valence-corrected chi connectivity index (χ0v) is 10.1. The minimum Gasteiger partial charge on any atom is -0.419 e. The Labute approximate surface area is 72.8 Å². The molecule has 0 fully saturated rings. The van der Waals surface area contributed by atoms with E-state index in [-0.39, 0.29) is 8.80 Å². The summed E-state index contributed by atoms with van der Waals surface area (Å²) in [4.78, 5) is 12.6. The molecular formula is C7H20NOSi2. The van der Waals surface area contributed by atoms with Crippen molar-refractivity contribution in [3.8, 4) is 0 Å². The summed E-state index contributed by atoms with van der Waals surface area (Å²) in [5.74, 6) is 0. The maximum atomic E-state index is 9.42. The van der Waals surface area contributed by atoms with Gasteiger partial charge in [-0.25, -0.2) is 0 Å². The van der Waals surface area contributed by atoms with E-state index in [1.807, 2.05) is 13.1 Å². The maximum Gasteiger partial charge on any atom is 0.259 e. The molecule has 1 radical (unpaired) electrons. The van der Waals surface area contributed by atoms with Crippen molar-refractivity contribution in [2.24, 2.45) is 0 Å². The molecule has 0 aromatic rings. The molecular weight excluding hydrogens is 170 g/mol. The average molecular weight is 190 g/mol. The summed E-state index contributed by atoms with van der Waals surface area (Å²) in [5, 5.41) is 0. The zero-order chi connectivity index (χ0) is 8.91. The van der Waals surface area contributed by atoms with E-state index in [4.69, 9.17) is 0 Å². The molecule has 4 heteroatoms. The van der Waals surface area contributed by atoms with Crippen LogP contribution in [0.25, 0.3) is 0 Å². The van der Waals surface area contributed by atoms with E-state index in [9.17, 15) is 4.80 Å². The molecule has 0 aromatic carbocycles. The molecule has 0 unspecified atom stereocenters. The molecule has 0 bridgehead atoms. The highest BCUT2D eigenvalue weighted by molar-refractivity contribution is 6.67. The zero-order valence-electron chi connectivity index (χ0n) is 8.07. The van der Waals surface area contributed by atoms with Crippen molar-refractivity contribution >= 4 is 17.3 Å². The molecule has 0 aliphatic carbocycles. The molecule has 0 aliphatic heterocycles. The SMILES string of the molecule is C[Si](C)CCCN[Si](C)(C)O. The van der Waals surface area contributed by atoms with E-state index >= 15 is 0 Å². The number of hydrogen-bond donors (Lipinski definition) is 2. The summed E-state index contributed by atoms with van der Waals surface area (Å²) in [6.07, 6.45) is 1.22. The van der Waals surface area contributed by atoms with E-state index in [2.05, 4.69) is 18.1 Å². The van der Waals surface area contributed by atoms with Crippen LogP contribution in [0.3, 0.4) is 0 Å². The van der Waals surface area contributed by atoms with Crippen molar-refractivity contribution in [2.45, 2.75) is 38.7 Å². The lowest BCUT2D eigenvalue weighted by atomic mass is 10.5. The fourth-order valence-electron chi connectivity index (χ4n) is 0.836. The molecule has 0 saturated carbocycles. The van der Waals surface area contributed by atoms with Crippen molar-refractivity contribution in [2.75, 3.05) is 6.54 Å². The van der Waals surface area contributed by atoms with Gasteiger partial charge in [0.15, 0.2) is 0 Å². The summed E-state index contributed by atoms with van der Waals surface area (Å²) in [6.45, 7) is 9.47. The van der Waals surface area contributed by atoms with E-state index in [1.54, 1.807) is 0 Å². The number of nitrogens with one attached hydrogen (secondary N) is 1. The van der Waals surface area contributed by atoms with Crippen LogP contribution in [-0.4, -0.2) is 28.6 Å². The molecule has 2 N–H and O–H groups in total. The van der Waals surface area contributed by atoms with Gasteiger partial charge in [-0.2, -0.15) is 0 Å². The summed E-state index contributed by atoms with van der Waals surface area (Å²) in [5.41, 5.74) is 0. The quantitative estimate of drug-likeness (QED) is 0.507. The number of hydrogen-bond acceptors (Lipinski definition) is 2. The third-order valence-corrected chi connectivity index (χ3v) is 3.88. The molecule has 0 rings (SSSR count). The van der Waals surface area contributed by atoms with E-state index in [0.717, 1.165) is 6.54 Å². The monoisotopic (exact) mass is 190 g/mol. The van der Waals surface area contributed by atoms with Crippen LogP contribution in [0, 0.1) is 0 Å². The second-order valence-corrected chi connectivity index (χ2v) is 10.2. The molecule has 0 spiro atoms. The van der Waals surface area contributed by atoms with Crippen LogP contribution < -0.4 is 4.98 Å². The lowest BCUT2D eigenvalue weighted by Crippen LogP contribution is -2.45. The summed E-state index contributed by atoms with van der Waals surface area (Å²) in [6, 6.07) is 1.35. The van der Waals surface area contributed by atoms with Gasteiger partial charge >= 0.3 is 0 Å². The van der Waals surface area contributed by atoms with E-state index < -0.39 is 8.48 Å². The molecule has 0 aliphatic rings. The van der Waals surface area contributed by atoms with Crippen molar-refractivity contribution in [3.05, 3.63) is 0 Å². The second-order valence-electron chi connectivity index (χ2n) is 3.80. The molecule has 0 amide bonds. The Bertz CT molecular complexity index is 101. The summed E-state index contributed by atoms with van der Waals surface area (Å²) >= 11 is 0. The molecule has 0 heterocycles. The number of rotatable bonds is 5. The first-order valence-corrected chi connectivity index (χ1v) is 9.84. The van der Waals surface area contributed by atoms with Crippen molar-refractivity contribution in [1.82, 2.24) is 4.98 Å². The highest BCUT2D eigenvalue weighted by Crippen LogP contribution is 1.97. The van der Waals surface area contributed by atoms with Gasteiger partial charge in [0.1, 0.15) is 0 Å². The Morgan fingerprint density at radius 3 is 2.27 bits per heavy atom. The lowest BCUT2D eigenvalue weighted by molar-refractivity contribution is 0.523. The second kappa shape index (κ2) is 5.08. The molecule has 11 heavy (non-hydrogen) atoms. The first-order chi connectivity index (χ1) is 4.92. The van der Waals surface area contributed by atoms with Crippen LogP contribution in [0.15, 0.2) is 0 Å². The molecule has 67 valence electrons. The Hall–Kier alpha value is 0.354. The maximum absolute atomic E-state index is 9.42. The van der Waals surface area contributed by atoms with Crippen LogP contribution in [0.4, 0.5) is 0 Å². The predicted molar refractivity (Wildman–Crippen MR) is 54.6 cm³/mol. The smallest absolute Gasteiger partial charge is 0.259 e. The standard InChI is InChI=1S/C7H20NOSi2/c1-10(2)7-5-6-8-11(3,4)9/h8-9H,5-7H2,1-4H3. The summed E-state index contributed by atoms with van der Waals surface area (Å²) < 4.78 is 0. The van der Waals surface area contributed by atoms with E-state index in [0.29, 0.717) is 0 Å². The molecule has 0 atom stereocenters. The summed E-state index contributed by atoms with van der Waals surface area (Å²) in [7, 11) is -2.03. The van der Waals surface area contributed by atoms with Crippen molar-refractivity contribution in [1.29, 1.82) is 0 Å². The predicted octanol–water partition coefficient (Wildman–Crippen LogP) is 1.41. The van der Waals surface area contributed by atoms with Gasteiger partial charge in [0.05, 0.1) is 0 Å². The minimum absolute atomic E-state index is 0.0582. The van der Waals surface area contributed by atoms with Gasteiger partial charge in [0, 0.05) is 8.80 Å². The van der Waals surface area contributed by atoms with Crippen LogP contribution in [0.1, 0.15) is 6.42 Å². The molecule has 2 nitrogen and oxygen atoms in total. The average Bonchev–Trinajstić information content (AvgIpc) is 1.78. The highest BCUT2D eigenvalue weighted by atomic mass is 28.4. The van der Waals surface area contributed by atoms with Gasteiger partial charge in [-0.1, -0.05) is 19.1 Å². The van der Waals surface area contributed by atoms with Gasteiger partial charge in [0.2, 0.25) is 0 Å². The Morgan fingerprint density at radius 2 is 1.91 bits per heavy atom. The Balaban J connectivity index is 3.15. The van der Waals surface area contributed by atoms with Gasteiger partial charge in [-0.05, 0) is 26.1 Å². The normalized spacial score (nSPS) is 12.5. The minimum atomic E-state index is -1.97. The van der Waals surface area contributed by atoms with Crippen molar-refractivity contribution in [3.63, 3.8) is 0 Å². The fraction of sp³-hybridized carbons (Fsp3) is 1.00. The van der Waals surface area contributed by atoms with Crippen LogP contribution in [0.2, 0.25) is 32.2 Å². The van der Waals surface area contributed by atoms with E-state index in [1.165, 1.54) is 12.5 Å². The first-order valence-electron chi connectivity index (χ1n) is 4.18.